The summed E-state index contributed by atoms with van der Waals surface area (Å²) in [6.07, 6.45) is 0.832. The molecule has 1 unspecified atom stereocenters. The van der Waals surface area contributed by atoms with Crippen molar-refractivity contribution in [1.82, 2.24) is 14.5 Å². The van der Waals surface area contributed by atoms with Gasteiger partial charge in [-0.25, -0.2) is 4.98 Å². The lowest BCUT2D eigenvalue weighted by Gasteiger charge is -2.31. The number of nitrogens with zero attached hydrogens (tertiary/aromatic N) is 3. The van der Waals surface area contributed by atoms with Gasteiger partial charge in [-0.1, -0.05) is 56.3 Å². The number of amides is 1. The molecule has 0 aliphatic carbocycles. The quantitative estimate of drug-likeness (QED) is 0.250. The first-order valence-corrected chi connectivity index (χ1v) is 13.3. The SMILES string of the molecule is CCOC(=O)CCC(=O)N(CCC(C)C)C(C)c1nc2ccccc2c(=O)n1-c1ccc2ccccc2c1. The lowest BCUT2D eigenvalue weighted by molar-refractivity contribution is -0.146. The first-order valence-electron chi connectivity index (χ1n) is 13.3. The number of carbonyl (C=O) groups excluding carboxylic acids is 2. The number of esters is 1. The molecule has 3 aromatic carbocycles. The van der Waals surface area contributed by atoms with E-state index in [0.29, 0.717) is 34.9 Å². The van der Waals surface area contributed by atoms with Gasteiger partial charge in [0.15, 0.2) is 0 Å². The minimum atomic E-state index is -0.507. The van der Waals surface area contributed by atoms with Gasteiger partial charge < -0.3 is 9.64 Å². The van der Waals surface area contributed by atoms with Gasteiger partial charge >= 0.3 is 5.97 Å². The molecule has 1 heterocycles. The molecule has 4 rings (SSSR count). The Morgan fingerprint density at radius 2 is 1.66 bits per heavy atom. The Hall–Kier alpha value is -4.00. The summed E-state index contributed by atoms with van der Waals surface area (Å²) in [5.41, 5.74) is 1.09. The van der Waals surface area contributed by atoms with Crippen LogP contribution in [0.15, 0.2) is 71.5 Å². The maximum Gasteiger partial charge on any atom is 0.306 e. The molecule has 38 heavy (non-hydrogen) atoms. The molecule has 1 amide bonds. The zero-order valence-corrected chi connectivity index (χ0v) is 22.5. The molecule has 0 saturated carbocycles. The van der Waals surface area contributed by atoms with Crippen LogP contribution in [-0.2, 0) is 14.3 Å². The molecule has 0 aliphatic heterocycles. The monoisotopic (exact) mass is 513 g/mol. The minimum Gasteiger partial charge on any atom is -0.466 e. The van der Waals surface area contributed by atoms with Crippen molar-refractivity contribution in [3.63, 3.8) is 0 Å². The molecule has 0 bridgehead atoms. The minimum absolute atomic E-state index is 0.0141. The van der Waals surface area contributed by atoms with E-state index in [-0.39, 0.29) is 30.9 Å². The van der Waals surface area contributed by atoms with Crippen molar-refractivity contribution < 1.29 is 14.3 Å². The Balaban J connectivity index is 1.83. The average Bonchev–Trinajstić information content (AvgIpc) is 2.91. The first-order chi connectivity index (χ1) is 18.3. The van der Waals surface area contributed by atoms with Gasteiger partial charge in [-0.2, -0.15) is 0 Å². The number of benzene rings is 3. The molecule has 0 saturated heterocycles. The van der Waals surface area contributed by atoms with E-state index >= 15 is 0 Å². The normalized spacial score (nSPS) is 12.1. The van der Waals surface area contributed by atoms with E-state index in [4.69, 9.17) is 9.72 Å². The number of fused-ring (bicyclic) bond motifs is 2. The van der Waals surface area contributed by atoms with E-state index in [1.165, 1.54) is 0 Å². The van der Waals surface area contributed by atoms with Crippen LogP contribution in [0.4, 0.5) is 0 Å². The van der Waals surface area contributed by atoms with E-state index < -0.39 is 12.0 Å². The van der Waals surface area contributed by atoms with E-state index in [1.807, 2.05) is 67.6 Å². The fourth-order valence-corrected chi connectivity index (χ4v) is 4.65. The number of hydrogen-bond donors (Lipinski definition) is 0. The summed E-state index contributed by atoms with van der Waals surface area (Å²) in [6.45, 7) is 8.61. The molecule has 0 fully saturated rings. The number of hydrogen-bond acceptors (Lipinski definition) is 5. The standard InChI is InChI=1S/C31H35N3O4/c1-5-38-29(36)17-16-28(35)33(19-18-21(2)3)22(4)30-32-27-13-9-8-12-26(27)31(37)34(30)25-15-14-23-10-6-7-11-24(23)20-25/h6-15,20-22H,5,16-19H2,1-4H3. The van der Waals surface area contributed by atoms with Crippen LogP contribution in [0.3, 0.4) is 0 Å². The predicted octanol–water partition coefficient (Wildman–Crippen LogP) is 5.82. The Bertz CT molecular complexity index is 1510. The van der Waals surface area contributed by atoms with Crippen LogP contribution in [0.2, 0.25) is 0 Å². The summed E-state index contributed by atoms with van der Waals surface area (Å²) in [5, 5.41) is 2.59. The number of ether oxygens (including phenoxy) is 1. The van der Waals surface area contributed by atoms with Crippen molar-refractivity contribution in [2.45, 2.75) is 53.0 Å². The maximum absolute atomic E-state index is 13.9. The van der Waals surface area contributed by atoms with Crippen molar-refractivity contribution in [3.8, 4) is 5.69 Å². The Morgan fingerprint density at radius 3 is 2.39 bits per heavy atom. The Labute approximate surface area is 223 Å². The molecule has 0 spiro atoms. The summed E-state index contributed by atoms with van der Waals surface area (Å²) in [6, 6.07) is 20.6. The largest absolute Gasteiger partial charge is 0.466 e. The smallest absolute Gasteiger partial charge is 0.306 e. The summed E-state index contributed by atoms with van der Waals surface area (Å²) < 4.78 is 6.65. The van der Waals surface area contributed by atoms with E-state index in [0.717, 1.165) is 17.2 Å². The molecule has 7 heteroatoms. The molecule has 1 atom stereocenters. The van der Waals surface area contributed by atoms with Gasteiger partial charge in [0, 0.05) is 13.0 Å². The third-order valence-corrected chi connectivity index (χ3v) is 6.75. The Kier molecular flexibility index (Phi) is 8.56. The van der Waals surface area contributed by atoms with Gasteiger partial charge in [-0.3, -0.25) is 19.0 Å². The third-order valence-electron chi connectivity index (χ3n) is 6.75. The molecule has 4 aromatic rings. The average molecular weight is 514 g/mol. The molecule has 198 valence electrons. The molecule has 1 aromatic heterocycles. The Morgan fingerprint density at radius 1 is 0.947 bits per heavy atom. The van der Waals surface area contributed by atoms with Gasteiger partial charge in [-0.05, 0) is 61.2 Å². The lowest BCUT2D eigenvalue weighted by atomic mass is 10.1. The highest BCUT2D eigenvalue weighted by Gasteiger charge is 2.27. The fourth-order valence-electron chi connectivity index (χ4n) is 4.65. The highest BCUT2D eigenvalue weighted by atomic mass is 16.5. The summed E-state index contributed by atoms with van der Waals surface area (Å²) in [5.74, 6) is 0.292. The number of rotatable bonds is 10. The third kappa shape index (κ3) is 5.93. The summed E-state index contributed by atoms with van der Waals surface area (Å²) in [7, 11) is 0. The van der Waals surface area contributed by atoms with Crippen molar-refractivity contribution >= 4 is 33.6 Å². The molecular formula is C31H35N3O4. The predicted molar refractivity (Wildman–Crippen MR) is 150 cm³/mol. The topological polar surface area (TPSA) is 81.5 Å². The van der Waals surface area contributed by atoms with Crippen molar-refractivity contribution in [2.24, 2.45) is 5.92 Å². The zero-order chi connectivity index (χ0) is 27.2. The molecule has 7 nitrogen and oxygen atoms in total. The fraction of sp³-hybridized carbons (Fsp3) is 0.355. The number of carbonyl (C=O) groups is 2. The van der Waals surface area contributed by atoms with Gasteiger partial charge in [0.1, 0.15) is 5.82 Å². The number of aromatic nitrogens is 2. The molecule has 0 aliphatic rings. The summed E-state index contributed by atoms with van der Waals surface area (Å²) >= 11 is 0. The maximum atomic E-state index is 13.9. The van der Waals surface area contributed by atoms with Crippen LogP contribution >= 0.6 is 0 Å². The van der Waals surface area contributed by atoms with Crippen molar-refractivity contribution in [1.29, 1.82) is 0 Å². The lowest BCUT2D eigenvalue weighted by Crippen LogP contribution is -2.38. The van der Waals surface area contributed by atoms with Gasteiger partial charge in [-0.15, -0.1) is 0 Å². The van der Waals surface area contributed by atoms with Crippen molar-refractivity contribution in [2.75, 3.05) is 13.2 Å². The van der Waals surface area contributed by atoms with E-state index in [2.05, 4.69) is 13.8 Å². The second-order valence-corrected chi connectivity index (χ2v) is 9.91. The second kappa shape index (κ2) is 12.0. The van der Waals surface area contributed by atoms with Crippen molar-refractivity contribution in [3.05, 3.63) is 82.9 Å². The van der Waals surface area contributed by atoms with Crippen LogP contribution in [0.5, 0.6) is 0 Å². The zero-order valence-electron chi connectivity index (χ0n) is 22.5. The van der Waals surface area contributed by atoms with E-state index in [9.17, 15) is 14.4 Å². The highest BCUT2D eigenvalue weighted by Crippen LogP contribution is 2.26. The van der Waals surface area contributed by atoms with Crippen LogP contribution in [0, 0.1) is 5.92 Å². The first kappa shape index (κ1) is 27.0. The molecule has 0 radical (unpaired) electrons. The van der Waals surface area contributed by atoms with Crippen LogP contribution < -0.4 is 5.56 Å². The molecular weight excluding hydrogens is 478 g/mol. The highest BCUT2D eigenvalue weighted by molar-refractivity contribution is 5.85. The summed E-state index contributed by atoms with van der Waals surface area (Å²) in [4.78, 5) is 46.0. The van der Waals surface area contributed by atoms with E-state index in [1.54, 1.807) is 22.5 Å². The second-order valence-electron chi connectivity index (χ2n) is 9.91. The van der Waals surface area contributed by atoms with Gasteiger partial charge in [0.25, 0.3) is 5.56 Å². The van der Waals surface area contributed by atoms with Crippen LogP contribution in [0.1, 0.15) is 58.8 Å². The molecule has 0 N–H and O–H groups in total. The number of para-hydroxylation sites is 1. The van der Waals surface area contributed by atoms with Crippen LogP contribution in [0.25, 0.3) is 27.4 Å². The van der Waals surface area contributed by atoms with Crippen LogP contribution in [-0.4, -0.2) is 39.5 Å². The van der Waals surface area contributed by atoms with Gasteiger partial charge in [0.2, 0.25) is 5.91 Å². The van der Waals surface area contributed by atoms with Gasteiger partial charge in [0.05, 0.1) is 35.7 Å².